The van der Waals surface area contributed by atoms with Crippen LogP contribution in [-0.4, -0.2) is 47.8 Å². The number of ether oxygens (including phenoxy) is 1. The Morgan fingerprint density at radius 2 is 1.26 bits per heavy atom. The topological polar surface area (TPSA) is 44.8 Å². The largest absolute Gasteiger partial charge is 0.417 e. The summed E-state index contributed by atoms with van der Waals surface area (Å²) in [4.78, 5) is 12.6. The monoisotopic (exact) mass is 554 g/mol. The van der Waals surface area contributed by atoms with E-state index in [4.69, 9.17) is 13.6 Å². The minimum atomic E-state index is -2.52. The van der Waals surface area contributed by atoms with Crippen LogP contribution in [0.5, 0.6) is 0 Å². The van der Waals surface area contributed by atoms with Crippen molar-refractivity contribution >= 4 is 32.8 Å². The molecule has 6 heteroatoms. The van der Waals surface area contributed by atoms with Gasteiger partial charge in [0, 0.05) is 19.6 Å². The fourth-order valence-electron chi connectivity index (χ4n) is 5.22. The van der Waals surface area contributed by atoms with Gasteiger partial charge < -0.3 is 13.6 Å². The second kappa shape index (κ2) is 12.7. The molecule has 0 N–H and O–H groups in total. The van der Waals surface area contributed by atoms with E-state index in [0.717, 1.165) is 25.7 Å². The van der Waals surface area contributed by atoms with Crippen molar-refractivity contribution in [2.24, 2.45) is 0 Å². The Balaban J connectivity index is 1.55. The van der Waals surface area contributed by atoms with Gasteiger partial charge >= 0.3 is 0 Å². The van der Waals surface area contributed by atoms with Gasteiger partial charge in [-0.2, -0.15) is 0 Å². The van der Waals surface area contributed by atoms with Crippen LogP contribution in [0.4, 0.5) is 0 Å². The van der Waals surface area contributed by atoms with Gasteiger partial charge in [0.2, 0.25) is 0 Å². The van der Waals surface area contributed by atoms with Crippen molar-refractivity contribution in [3.63, 3.8) is 0 Å². The normalized spacial score (nSPS) is 19.2. The highest BCUT2D eigenvalue weighted by molar-refractivity contribution is 6.99. The van der Waals surface area contributed by atoms with Gasteiger partial charge in [0.15, 0.2) is 14.1 Å². The van der Waals surface area contributed by atoms with E-state index in [0.29, 0.717) is 19.6 Å². The number of rotatable bonds is 12. The maximum Gasteiger partial charge on any atom is 0.261 e. The molecule has 38 heavy (non-hydrogen) atoms. The summed E-state index contributed by atoms with van der Waals surface area (Å²) in [6, 6.07) is 21.5. The second-order valence-electron chi connectivity index (χ2n) is 13.3. The van der Waals surface area contributed by atoms with Gasteiger partial charge in [0.05, 0.1) is 6.10 Å². The van der Waals surface area contributed by atoms with Crippen LogP contribution in [0, 0.1) is 0 Å². The van der Waals surface area contributed by atoms with Crippen LogP contribution >= 0.6 is 0 Å². The zero-order chi connectivity index (χ0) is 28.0. The average Bonchev–Trinajstić information content (AvgIpc) is 3.20. The summed E-state index contributed by atoms with van der Waals surface area (Å²) >= 11 is 0. The molecular formula is C32H50O4Si2. The predicted molar refractivity (Wildman–Crippen MR) is 163 cm³/mol. The van der Waals surface area contributed by atoms with E-state index in [1.54, 1.807) is 0 Å². The molecular weight excluding hydrogens is 505 g/mol. The Bertz CT molecular complexity index is 970. The van der Waals surface area contributed by atoms with Crippen LogP contribution in [-0.2, 0) is 18.4 Å². The van der Waals surface area contributed by atoms with Gasteiger partial charge in [-0.05, 0) is 59.2 Å². The first-order valence-electron chi connectivity index (χ1n) is 14.3. The fraction of sp³-hybridized carbons (Fsp3) is 0.594. The van der Waals surface area contributed by atoms with E-state index in [-0.39, 0.29) is 28.1 Å². The zero-order valence-electron chi connectivity index (χ0n) is 25.0. The van der Waals surface area contributed by atoms with Gasteiger partial charge in [-0.1, -0.05) is 102 Å². The summed E-state index contributed by atoms with van der Waals surface area (Å²) in [6.07, 6.45) is 3.59. The molecule has 0 saturated carbocycles. The maximum atomic E-state index is 12.6. The lowest BCUT2D eigenvalue weighted by atomic mass is 10.1. The van der Waals surface area contributed by atoms with E-state index in [1.807, 2.05) is 0 Å². The maximum absolute atomic E-state index is 12.6. The first kappa shape index (κ1) is 31.0. The van der Waals surface area contributed by atoms with E-state index in [1.165, 1.54) is 10.4 Å². The molecule has 1 fully saturated rings. The number of carbonyl (C=O) groups is 1. The Hall–Kier alpha value is -1.58. The van der Waals surface area contributed by atoms with Gasteiger partial charge in [-0.25, -0.2) is 0 Å². The summed E-state index contributed by atoms with van der Waals surface area (Å²) in [5.41, 5.74) is 0. The van der Waals surface area contributed by atoms with Crippen molar-refractivity contribution in [2.75, 3.05) is 13.2 Å². The van der Waals surface area contributed by atoms with E-state index in [9.17, 15) is 4.79 Å². The zero-order valence-corrected chi connectivity index (χ0v) is 27.0. The van der Waals surface area contributed by atoms with Crippen molar-refractivity contribution < 1.29 is 18.4 Å². The third kappa shape index (κ3) is 7.33. The first-order chi connectivity index (χ1) is 17.8. The van der Waals surface area contributed by atoms with E-state index in [2.05, 4.69) is 115 Å². The summed E-state index contributed by atoms with van der Waals surface area (Å²) in [5.74, 6) is 0.246. The molecule has 210 valence electrons. The van der Waals surface area contributed by atoms with Crippen molar-refractivity contribution in [1.29, 1.82) is 0 Å². The van der Waals surface area contributed by atoms with Gasteiger partial charge in [-0.15, -0.1) is 0 Å². The Morgan fingerprint density at radius 3 is 1.76 bits per heavy atom. The minimum Gasteiger partial charge on any atom is -0.417 e. The Morgan fingerprint density at radius 1 is 0.763 bits per heavy atom. The molecule has 3 rings (SSSR count). The third-order valence-electron chi connectivity index (χ3n) is 8.43. The molecule has 1 aliphatic rings. The number of carbonyl (C=O) groups excluding carboxylic acids is 1. The molecule has 1 saturated heterocycles. The minimum absolute atomic E-state index is 0.00318. The first-order valence-corrected chi connectivity index (χ1v) is 19.2. The van der Waals surface area contributed by atoms with Crippen LogP contribution in [0.15, 0.2) is 60.7 Å². The van der Waals surface area contributed by atoms with Crippen LogP contribution in [0.2, 0.25) is 23.2 Å². The van der Waals surface area contributed by atoms with Gasteiger partial charge in [-0.3, -0.25) is 4.79 Å². The molecule has 0 spiro atoms. The fourth-order valence-corrected chi connectivity index (χ4v) is 10.9. The molecule has 0 unspecified atom stereocenters. The van der Waals surface area contributed by atoms with Crippen LogP contribution in [0.1, 0.15) is 73.6 Å². The summed E-state index contributed by atoms with van der Waals surface area (Å²) in [5, 5.41) is 2.76. The highest BCUT2D eigenvalue weighted by Gasteiger charge is 2.50. The smallest absolute Gasteiger partial charge is 0.261 e. The van der Waals surface area contributed by atoms with Crippen molar-refractivity contribution in [1.82, 2.24) is 0 Å². The lowest BCUT2D eigenvalue weighted by Crippen LogP contribution is -2.66. The number of benzene rings is 2. The van der Waals surface area contributed by atoms with Crippen molar-refractivity contribution in [3.05, 3.63) is 60.7 Å². The van der Waals surface area contributed by atoms with E-state index >= 15 is 0 Å². The molecule has 0 aromatic heterocycles. The van der Waals surface area contributed by atoms with Crippen molar-refractivity contribution in [2.45, 2.75) is 109 Å². The molecule has 0 aliphatic carbocycles. The predicted octanol–water partition coefficient (Wildman–Crippen LogP) is 6.87. The second-order valence-corrected chi connectivity index (χ2v) is 22.4. The quantitative estimate of drug-likeness (QED) is 0.212. The van der Waals surface area contributed by atoms with Crippen LogP contribution < -0.4 is 10.4 Å². The standard InChI is InChI=1S/C32H50O4Si2/c1-31(2,3)37(7,8)34-23-16-22-30-29(33)25-26(36-30)17-15-24-35-38(32(4,5)6,27-18-11-9-12-19-27)28-20-13-10-14-21-28/h9-14,18-21,26,30H,15-17,22-25H2,1-8H3/t26-,30-/m0/s1. The Kier molecular flexibility index (Phi) is 10.4. The molecule has 4 nitrogen and oxygen atoms in total. The summed E-state index contributed by atoms with van der Waals surface area (Å²) < 4.78 is 19.5. The number of hydrogen-bond acceptors (Lipinski definition) is 4. The molecule has 1 aliphatic heterocycles. The molecule has 1 heterocycles. The van der Waals surface area contributed by atoms with Crippen molar-refractivity contribution in [3.8, 4) is 0 Å². The Labute approximate surface area is 233 Å². The highest BCUT2D eigenvalue weighted by Crippen LogP contribution is 2.38. The lowest BCUT2D eigenvalue weighted by Gasteiger charge is -2.43. The molecule has 0 amide bonds. The number of ketones is 1. The van der Waals surface area contributed by atoms with Gasteiger partial charge in [0.25, 0.3) is 8.32 Å². The van der Waals surface area contributed by atoms with Crippen LogP contribution in [0.25, 0.3) is 0 Å². The lowest BCUT2D eigenvalue weighted by molar-refractivity contribution is -0.123. The number of Topliss-reactive ketones (excluding diaryl/α,β-unsaturated/α-hetero) is 1. The van der Waals surface area contributed by atoms with Crippen LogP contribution in [0.3, 0.4) is 0 Å². The van der Waals surface area contributed by atoms with Gasteiger partial charge in [0.1, 0.15) is 6.10 Å². The molecule has 0 radical (unpaired) electrons. The summed E-state index contributed by atoms with van der Waals surface area (Å²) in [7, 11) is -4.27. The molecule has 2 atom stereocenters. The average molecular weight is 555 g/mol. The molecule has 2 aromatic rings. The summed E-state index contributed by atoms with van der Waals surface area (Å²) in [6.45, 7) is 19.6. The molecule has 0 bridgehead atoms. The number of hydrogen-bond donors (Lipinski definition) is 0. The highest BCUT2D eigenvalue weighted by atomic mass is 28.4. The molecule has 2 aromatic carbocycles. The third-order valence-corrected chi connectivity index (χ3v) is 18.0. The van der Waals surface area contributed by atoms with E-state index < -0.39 is 16.6 Å². The SMILES string of the molecule is CC(C)(C)[Si](C)(C)OCCC[C@@H]1O[C@@H](CCCO[Si](c2ccccc2)(c2ccccc2)C(C)(C)C)CC1=O.